The SMILES string of the molecule is Cc1ccc(Nc2ccc(C)cc2)cc1.[HH]. The molecule has 0 saturated carbocycles. The zero-order chi connectivity index (χ0) is 10.7. The lowest BCUT2D eigenvalue weighted by atomic mass is 10.2. The highest BCUT2D eigenvalue weighted by Gasteiger charge is 1.93. The lowest BCUT2D eigenvalue weighted by molar-refractivity contribution is 1.43. The number of hydrogen-bond acceptors (Lipinski definition) is 1. The molecule has 0 spiro atoms. The lowest BCUT2D eigenvalue weighted by Crippen LogP contribution is -1.89. The summed E-state index contributed by atoms with van der Waals surface area (Å²) in [6.45, 7) is 4.19. The fourth-order valence-corrected chi connectivity index (χ4v) is 1.44. The summed E-state index contributed by atoms with van der Waals surface area (Å²) in [4.78, 5) is 0. The Labute approximate surface area is 92.3 Å². The Morgan fingerprint density at radius 1 is 0.667 bits per heavy atom. The van der Waals surface area contributed by atoms with Crippen molar-refractivity contribution in [3.05, 3.63) is 59.7 Å². The highest BCUT2D eigenvalue weighted by atomic mass is 14.9. The second-order valence-electron chi connectivity index (χ2n) is 3.86. The van der Waals surface area contributed by atoms with Gasteiger partial charge in [-0.1, -0.05) is 35.4 Å². The Balaban J connectivity index is 0.00000128. The molecular weight excluding hydrogens is 182 g/mol. The molecule has 15 heavy (non-hydrogen) atoms. The predicted molar refractivity (Wildman–Crippen MR) is 67.8 cm³/mol. The number of benzene rings is 2. The van der Waals surface area contributed by atoms with E-state index in [1.807, 2.05) is 0 Å². The second kappa shape index (κ2) is 4.18. The van der Waals surface area contributed by atoms with Gasteiger partial charge in [-0.05, 0) is 38.1 Å². The Bertz CT molecular complexity index is 388. The van der Waals surface area contributed by atoms with Crippen molar-refractivity contribution >= 4 is 11.4 Å². The summed E-state index contributed by atoms with van der Waals surface area (Å²) in [6.07, 6.45) is 0. The molecule has 0 aliphatic carbocycles. The molecule has 0 saturated heterocycles. The summed E-state index contributed by atoms with van der Waals surface area (Å²) >= 11 is 0. The largest absolute Gasteiger partial charge is 0.356 e. The molecular formula is C14H17N. The molecule has 2 aromatic rings. The summed E-state index contributed by atoms with van der Waals surface area (Å²) in [7, 11) is 0. The van der Waals surface area contributed by atoms with E-state index in [9.17, 15) is 0 Å². The molecule has 1 nitrogen and oxygen atoms in total. The van der Waals surface area contributed by atoms with Crippen molar-refractivity contribution in [1.82, 2.24) is 0 Å². The Hall–Kier alpha value is -1.76. The first-order valence-electron chi connectivity index (χ1n) is 5.14. The van der Waals surface area contributed by atoms with E-state index in [1.54, 1.807) is 0 Å². The van der Waals surface area contributed by atoms with E-state index in [-0.39, 0.29) is 1.43 Å². The molecule has 78 valence electrons. The van der Waals surface area contributed by atoms with Crippen LogP contribution in [0.2, 0.25) is 0 Å². The summed E-state index contributed by atoms with van der Waals surface area (Å²) in [6, 6.07) is 16.8. The highest BCUT2D eigenvalue weighted by Crippen LogP contribution is 2.17. The predicted octanol–water partition coefficient (Wildman–Crippen LogP) is 4.29. The zero-order valence-corrected chi connectivity index (χ0v) is 9.12. The van der Waals surface area contributed by atoms with Crippen molar-refractivity contribution in [3.8, 4) is 0 Å². The Kier molecular flexibility index (Phi) is 2.72. The van der Waals surface area contributed by atoms with Crippen LogP contribution >= 0.6 is 0 Å². The maximum absolute atomic E-state index is 3.36. The van der Waals surface area contributed by atoms with Crippen molar-refractivity contribution in [2.75, 3.05) is 5.32 Å². The van der Waals surface area contributed by atoms with E-state index in [0.29, 0.717) is 0 Å². The third kappa shape index (κ3) is 2.59. The van der Waals surface area contributed by atoms with Crippen LogP contribution in [0.4, 0.5) is 11.4 Å². The van der Waals surface area contributed by atoms with Crippen molar-refractivity contribution in [2.24, 2.45) is 0 Å². The van der Waals surface area contributed by atoms with Gasteiger partial charge in [-0.25, -0.2) is 0 Å². The minimum atomic E-state index is 0. The molecule has 0 unspecified atom stereocenters. The van der Waals surface area contributed by atoms with E-state index >= 15 is 0 Å². The lowest BCUT2D eigenvalue weighted by Gasteiger charge is -2.06. The number of aryl methyl sites for hydroxylation is 2. The fraction of sp³-hybridized carbons (Fsp3) is 0.143. The van der Waals surface area contributed by atoms with Gasteiger partial charge in [0.2, 0.25) is 0 Å². The van der Waals surface area contributed by atoms with Crippen molar-refractivity contribution in [3.63, 3.8) is 0 Å². The number of anilines is 2. The van der Waals surface area contributed by atoms with Gasteiger partial charge in [0.15, 0.2) is 0 Å². The molecule has 0 fully saturated rings. The molecule has 0 aliphatic heterocycles. The average molecular weight is 199 g/mol. The summed E-state index contributed by atoms with van der Waals surface area (Å²) in [5, 5.41) is 3.36. The molecule has 0 aliphatic rings. The quantitative estimate of drug-likeness (QED) is 0.760. The van der Waals surface area contributed by atoms with Gasteiger partial charge in [0.25, 0.3) is 0 Å². The minimum Gasteiger partial charge on any atom is -0.356 e. The van der Waals surface area contributed by atoms with E-state index in [2.05, 4.69) is 67.7 Å². The normalized spacial score (nSPS) is 10.0. The molecule has 2 rings (SSSR count). The molecule has 0 atom stereocenters. The van der Waals surface area contributed by atoms with Crippen LogP contribution in [-0.2, 0) is 0 Å². The van der Waals surface area contributed by atoms with E-state index in [0.717, 1.165) is 11.4 Å². The van der Waals surface area contributed by atoms with Crippen LogP contribution in [0.3, 0.4) is 0 Å². The number of nitrogens with one attached hydrogen (secondary N) is 1. The number of hydrogen-bond donors (Lipinski definition) is 1. The van der Waals surface area contributed by atoms with Crippen LogP contribution in [0.5, 0.6) is 0 Å². The van der Waals surface area contributed by atoms with Gasteiger partial charge >= 0.3 is 0 Å². The van der Waals surface area contributed by atoms with Gasteiger partial charge < -0.3 is 5.32 Å². The summed E-state index contributed by atoms with van der Waals surface area (Å²) < 4.78 is 0. The molecule has 0 aromatic heterocycles. The summed E-state index contributed by atoms with van der Waals surface area (Å²) in [5.74, 6) is 0. The van der Waals surface area contributed by atoms with Gasteiger partial charge in [0.05, 0.1) is 0 Å². The fourth-order valence-electron chi connectivity index (χ4n) is 1.44. The smallest absolute Gasteiger partial charge is 0.0384 e. The first-order valence-corrected chi connectivity index (χ1v) is 5.14. The first-order chi connectivity index (χ1) is 7.24. The maximum Gasteiger partial charge on any atom is 0.0384 e. The van der Waals surface area contributed by atoms with Crippen molar-refractivity contribution < 1.29 is 1.43 Å². The van der Waals surface area contributed by atoms with Crippen LogP contribution in [0.25, 0.3) is 0 Å². The highest BCUT2D eigenvalue weighted by molar-refractivity contribution is 5.59. The van der Waals surface area contributed by atoms with Crippen LogP contribution < -0.4 is 5.32 Å². The standard InChI is InChI=1S/C14H15N.H2/c1-11-3-7-13(8-4-11)15-14-9-5-12(2)6-10-14;/h3-10,15H,1-2H3;1H. The third-order valence-electron chi connectivity index (χ3n) is 2.39. The van der Waals surface area contributed by atoms with Gasteiger partial charge in [-0.15, -0.1) is 0 Å². The van der Waals surface area contributed by atoms with Gasteiger partial charge in [0, 0.05) is 12.8 Å². The van der Waals surface area contributed by atoms with E-state index in [4.69, 9.17) is 0 Å². The second-order valence-corrected chi connectivity index (χ2v) is 3.86. The molecule has 1 N–H and O–H groups in total. The van der Waals surface area contributed by atoms with Gasteiger partial charge in [0.1, 0.15) is 0 Å². The van der Waals surface area contributed by atoms with Crippen molar-refractivity contribution in [1.29, 1.82) is 0 Å². The first kappa shape index (κ1) is 9.78. The molecule has 1 heteroatoms. The minimum absolute atomic E-state index is 0. The summed E-state index contributed by atoms with van der Waals surface area (Å²) in [5.41, 5.74) is 4.82. The molecule has 0 heterocycles. The Morgan fingerprint density at radius 3 is 1.33 bits per heavy atom. The topological polar surface area (TPSA) is 12.0 Å². The van der Waals surface area contributed by atoms with Crippen LogP contribution in [0.15, 0.2) is 48.5 Å². The van der Waals surface area contributed by atoms with Crippen LogP contribution in [-0.4, -0.2) is 0 Å². The van der Waals surface area contributed by atoms with Gasteiger partial charge in [-0.2, -0.15) is 0 Å². The molecule has 2 aromatic carbocycles. The third-order valence-corrected chi connectivity index (χ3v) is 2.39. The van der Waals surface area contributed by atoms with Gasteiger partial charge in [-0.3, -0.25) is 0 Å². The molecule has 0 radical (unpaired) electrons. The zero-order valence-electron chi connectivity index (χ0n) is 9.12. The number of rotatable bonds is 2. The van der Waals surface area contributed by atoms with E-state index in [1.165, 1.54) is 11.1 Å². The molecule has 0 amide bonds. The van der Waals surface area contributed by atoms with Crippen molar-refractivity contribution in [2.45, 2.75) is 13.8 Å². The van der Waals surface area contributed by atoms with Crippen LogP contribution in [0, 0.1) is 13.8 Å². The maximum atomic E-state index is 3.36. The monoisotopic (exact) mass is 199 g/mol. The average Bonchev–Trinajstić information content (AvgIpc) is 2.25. The molecule has 0 bridgehead atoms. The van der Waals surface area contributed by atoms with E-state index < -0.39 is 0 Å². The Morgan fingerprint density at radius 2 is 1.00 bits per heavy atom. The van der Waals surface area contributed by atoms with Crippen LogP contribution in [0.1, 0.15) is 12.6 Å².